The molecule has 0 aliphatic carbocycles. The van der Waals surface area contributed by atoms with Gasteiger partial charge in [-0.1, -0.05) is 43.0 Å². The number of rotatable bonds is 4. The minimum Gasteiger partial charge on any atom is -0.467 e. The molecular weight excluding hydrogens is 335 g/mol. The number of nitrogens with zero attached hydrogens (tertiary/aromatic N) is 1. The molecule has 1 unspecified atom stereocenters. The van der Waals surface area contributed by atoms with Gasteiger partial charge in [-0.3, -0.25) is 9.69 Å². The van der Waals surface area contributed by atoms with Gasteiger partial charge in [-0.05, 0) is 12.6 Å². The molecule has 0 aromatic heterocycles. The van der Waals surface area contributed by atoms with Gasteiger partial charge in [-0.25, -0.2) is 4.79 Å². The van der Waals surface area contributed by atoms with Crippen molar-refractivity contribution in [2.75, 3.05) is 20.7 Å². The third-order valence-electron chi connectivity index (χ3n) is 4.39. The summed E-state index contributed by atoms with van der Waals surface area (Å²) < 4.78 is 45.1. The van der Waals surface area contributed by atoms with Gasteiger partial charge in [-0.15, -0.1) is 0 Å². The Bertz CT molecular complexity index is 725. The Morgan fingerprint density at radius 2 is 1.84 bits per heavy atom. The molecule has 1 aromatic carbocycles. The van der Waals surface area contributed by atoms with Crippen LogP contribution in [0.2, 0.25) is 0 Å². The van der Waals surface area contributed by atoms with Gasteiger partial charge in [0.25, 0.3) is 0 Å². The standard InChI is InChI=1S/C18H18F3NO3/c1-12(15(23)13-7-5-4-6-8-13)14-9-10-17(16(24)25-3,18(19,20)21)22(2)11-14/h4-9H,1,10-11H2,2-3H3. The number of carbonyl (C=O) groups is 2. The molecule has 0 N–H and O–H groups in total. The van der Waals surface area contributed by atoms with E-state index in [-0.39, 0.29) is 17.9 Å². The van der Waals surface area contributed by atoms with E-state index in [4.69, 9.17) is 0 Å². The molecule has 1 aromatic rings. The normalized spacial score (nSPS) is 21.4. The smallest absolute Gasteiger partial charge is 0.417 e. The van der Waals surface area contributed by atoms with E-state index in [9.17, 15) is 22.8 Å². The number of ketones is 1. The van der Waals surface area contributed by atoms with Crippen LogP contribution in [0.3, 0.4) is 0 Å². The van der Waals surface area contributed by atoms with Gasteiger partial charge in [0.15, 0.2) is 5.78 Å². The SMILES string of the molecule is C=C(C(=O)c1ccccc1)C1=CCC(C(=O)OC)(C(F)(F)F)N(C)C1. The summed E-state index contributed by atoms with van der Waals surface area (Å²) in [7, 11) is 2.10. The van der Waals surface area contributed by atoms with Crippen molar-refractivity contribution in [3.05, 3.63) is 59.7 Å². The molecule has 1 aliphatic heterocycles. The lowest BCUT2D eigenvalue weighted by Gasteiger charge is -2.43. The van der Waals surface area contributed by atoms with E-state index in [1.54, 1.807) is 30.3 Å². The maximum absolute atomic E-state index is 13.6. The maximum Gasteiger partial charge on any atom is 0.417 e. The van der Waals surface area contributed by atoms with Crippen molar-refractivity contribution in [2.24, 2.45) is 0 Å². The van der Waals surface area contributed by atoms with Crippen molar-refractivity contribution in [2.45, 2.75) is 18.1 Å². The van der Waals surface area contributed by atoms with E-state index < -0.39 is 24.1 Å². The summed E-state index contributed by atoms with van der Waals surface area (Å²) in [6.45, 7) is 3.48. The lowest BCUT2D eigenvalue weighted by atomic mass is 9.84. The Kier molecular flexibility index (Phi) is 5.17. The first kappa shape index (κ1) is 18.9. The Morgan fingerprint density at radius 1 is 1.24 bits per heavy atom. The molecule has 0 saturated carbocycles. The molecular formula is C18H18F3NO3. The molecule has 1 heterocycles. The average Bonchev–Trinajstić information content (AvgIpc) is 2.59. The lowest BCUT2D eigenvalue weighted by molar-refractivity contribution is -0.236. The molecule has 0 fully saturated rings. The maximum atomic E-state index is 13.6. The second-order valence-corrected chi connectivity index (χ2v) is 5.81. The highest BCUT2D eigenvalue weighted by molar-refractivity contribution is 6.11. The summed E-state index contributed by atoms with van der Waals surface area (Å²) in [5.41, 5.74) is -1.89. The van der Waals surface area contributed by atoms with Gasteiger partial charge in [0.05, 0.1) is 7.11 Å². The summed E-state index contributed by atoms with van der Waals surface area (Å²) in [6.07, 6.45) is -4.22. The molecule has 1 aliphatic rings. The number of ether oxygens (including phenoxy) is 1. The number of Topliss-reactive ketones (excluding diaryl/α,β-unsaturated/α-hetero) is 1. The zero-order valence-electron chi connectivity index (χ0n) is 13.9. The van der Waals surface area contributed by atoms with Crippen LogP contribution >= 0.6 is 0 Å². The molecule has 25 heavy (non-hydrogen) atoms. The first-order chi connectivity index (χ1) is 11.6. The van der Waals surface area contributed by atoms with Crippen LogP contribution in [0.25, 0.3) is 0 Å². The molecule has 0 radical (unpaired) electrons. The number of carbonyl (C=O) groups excluding carboxylic acids is 2. The number of benzene rings is 1. The Balaban J connectivity index is 2.33. The van der Waals surface area contributed by atoms with Crippen LogP contribution in [-0.2, 0) is 9.53 Å². The van der Waals surface area contributed by atoms with Crippen LogP contribution in [0.15, 0.2) is 54.1 Å². The monoisotopic (exact) mass is 353 g/mol. The second-order valence-electron chi connectivity index (χ2n) is 5.81. The molecule has 0 spiro atoms. The molecule has 2 rings (SSSR count). The van der Waals surface area contributed by atoms with Crippen molar-refractivity contribution in [3.8, 4) is 0 Å². The van der Waals surface area contributed by atoms with E-state index in [1.807, 2.05) is 0 Å². The van der Waals surface area contributed by atoms with Crippen LogP contribution in [0.1, 0.15) is 16.8 Å². The summed E-state index contributed by atoms with van der Waals surface area (Å²) in [5, 5.41) is 0. The summed E-state index contributed by atoms with van der Waals surface area (Å²) >= 11 is 0. The van der Waals surface area contributed by atoms with Gasteiger partial charge in [-0.2, -0.15) is 13.2 Å². The molecule has 1 atom stereocenters. The Hall–Kier alpha value is -2.41. The Labute approximate surface area is 143 Å². The van der Waals surface area contributed by atoms with E-state index in [0.717, 1.165) is 12.0 Å². The third kappa shape index (κ3) is 3.24. The fraction of sp³-hybridized carbons (Fsp3) is 0.333. The van der Waals surface area contributed by atoms with E-state index in [0.29, 0.717) is 11.1 Å². The van der Waals surface area contributed by atoms with Crippen molar-refractivity contribution < 1.29 is 27.5 Å². The minimum atomic E-state index is -4.82. The van der Waals surface area contributed by atoms with Crippen LogP contribution in [0, 0.1) is 0 Å². The number of halogens is 3. The zero-order valence-corrected chi connectivity index (χ0v) is 13.9. The first-order valence-electron chi connectivity index (χ1n) is 7.49. The molecule has 0 amide bonds. The van der Waals surface area contributed by atoms with Gasteiger partial charge in [0, 0.05) is 24.1 Å². The number of alkyl halides is 3. The van der Waals surface area contributed by atoms with Gasteiger partial charge in [0.2, 0.25) is 5.54 Å². The fourth-order valence-corrected chi connectivity index (χ4v) is 2.87. The summed E-state index contributed by atoms with van der Waals surface area (Å²) in [4.78, 5) is 25.2. The summed E-state index contributed by atoms with van der Waals surface area (Å²) in [5.74, 6) is -1.74. The van der Waals surface area contributed by atoms with Crippen molar-refractivity contribution in [3.63, 3.8) is 0 Å². The molecule has 134 valence electrons. The molecule has 0 bridgehead atoms. The predicted octanol–water partition coefficient (Wildman–Crippen LogP) is 3.16. The number of esters is 1. The highest BCUT2D eigenvalue weighted by Crippen LogP contribution is 2.42. The lowest BCUT2D eigenvalue weighted by Crippen LogP contribution is -2.64. The van der Waals surface area contributed by atoms with Gasteiger partial charge < -0.3 is 4.74 Å². The van der Waals surface area contributed by atoms with Crippen molar-refractivity contribution in [1.29, 1.82) is 0 Å². The molecule has 7 heteroatoms. The summed E-state index contributed by atoms with van der Waals surface area (Å²) in [6, 6.07) is 8.34. The molecule has 4 nitrogen and oxygen atoms in total. The number of methoxy groups -OCH3 is 1. The quantitative estimate of drug-likeness (QED) is 0.474. The zero-order chi connectivity index (χ0) is 18.8. The van der Waals surface area contributed by atoms with Crippen LogP contribution < -0.4 is 0 Å². The van der Waals surface area contributed by atoms with E-state index in [1.165, 1.54) is 13.1 Å². The number of hydrogen-bond donors (Lipinski definition) is 0. The van der Waals surface area contributed by atoms with Gasteiger partial charge in [0.1, 0.15) is 0 Å². The number of likely N-dealkylation sites (N-methyl/N-ethyl adjacent to an activating group) is 1. The largest absolute Gasteiger partial charge is 0.467 e. The number of hydrogen-bond acceptors (Lipinski definition) is 4. The van der Waals surface area contributed by atoms with E-state index in [2.05, 4.69) is 11.3 Å². The van der Waals surface area contributed by atoms with Crippen LogP contribution in [0.4, 0.5) is 13.2 Å². The van der Waals surface area contributed by atoms with Gasteiger partial charge >= 0.3 is 12.1 Å². The van der Waals surface area contributed by atoms with E-state index >= 15 is 0 Å². The predicted molar refractivity (Wildman–Crippen MR) is 86.0 cm³/mol. The average molecular weight is 353 g/mol. The topological polar surface area (TPSA) is 46.6 Å². The first-order valence-corrected chi connectivity index (χ1v) is 7.49. The fourth-order valence-electron chi connectivity index (χ4n) is 2.87. The minimum absolute atomic E-state index is 0.110. The van der Waals surface area contributed by atoms with Crippen molar-refractivity contribution >= 4 is 11.8 Å². The highest BCUT2D eigenvalue weighted by atomic mass is 19.4. The van der Waals surface area contributed by atoms with Crippen LogP contribution in [-0.4, -0.2) is 49.1 Å². The third-order valence-corrected chi connectivity index (χ3v) is 4.39. The molecule has 0 saturated heterocycles. The Morgan fingerprint density at radius 3 is 2.32 bits per heavy atom. The highest BCUT2D eigenvalue weighted by Gasteiger charge is 2.64. The second kappa shape index (κ2) is 6.84. The van der Waals surface area contributed by atoms with Crippen molar-refractivity contribution in [1.82, 2.24) is 4.90 Å². The van der Waals surface area contributed by atoms with Crippen LogP contribution in [0.5, 0.6) is 0 Å².